The summed E-state index contributed by atoms with van der Waals surface area (Å²) < 4.78 is 0. The van der Waals surface area contributed by atoms with Gasteiger partial charge in [0, 0.05) is 63.2 Å². The normalized spacial score (nSPS) is 23.6. The number of rotatable bonds is 21. The molecule has 0 saturated carbocycles. The fraction of sp³-hybridized carbons (Fsp3) is 0.416. The highest BCUT2D eigenvalue weighted by Crippen LogP contribution is 2.24. The number of aliphatic hydroxyl groups is 3. The number of nitrogens with zero attached hydrogens (tertiary/aromatic N) is 1. The number of benzene rings is 6. The smallest absolute Gasteiger partial charge is 0.327 e. The molecule has 28 nitrogen and oxygen atoms in total. The highest BCUT2D eigenvalue weighted by Gasteiger charge is 2.40. The summed E-state index contributed by atoms with van der Waals surface area (Å²) in [6, 6.07) is 28.5. The van der Waals surface area contributed by atoms with Gasteiger partial charge in [0.25, 0.3) is 0 Å². The first-order valence-electron chi connectivity index (χ1n) is 35.5. The molecule has 1 saturated heterocycles. The Morgan fingerprint density at radius 3 is 1.38 bits per heavy atom. The number of aliphatic carboxylic acids is 1. The second-order valence-corrected chi connectivity index (χ2v) is 29.4. The van der Waals surface area contributed by atoms with Crippen LogP contribution in [-0.2, 0) is 91.4 Å². The minimum Gasteiger partial charge on any atom is -0.480 e. The van der Waals surface area contributed by atoms with Crippen LogP contribution in [0.4, 0.5) is 0 Å². The Morgan fingerprint density at radius 1 is 0.467 bits per heavy atom. The van der Waals surface area contributed by atoms with E-state index in [1.54, 1.807) is 109 Å². The molecule has 13 atom stereocenters. The lowest BCUT2D eigenvalue weighted by atomic mass is 9.97. The van der Waals surface area contributed by atoms with Crippen LogP contribution in [0, 0.1) is 0 Å². The molecule has 0 aromatic heterocycles. The molecule has 6 aromatic rings. The molecule has 1 fully saturated rings. The fourth-order valence-corrected chi connectivity index (χ4v) is 14.0. The summed E-state index contributed by atoms with van der Waals surface area (Å²) in [7, 11) is 3.23. The Morgan fingerprint density at radius 2 is 0.879 bits per heavy atom. The van der Waals surface area contributed by atoms with E-state index in [1.165, 1.54) is 18.9 Å². The van der Waals surface area contributed by atoms with Crippen LogP contribution in [0.3, 0.4) is 0 Å². The van der Waals surface area contributed by atoms with Gasteiger partial charge in [0.05, 0.1) is 24.9 Å². The van der Waals surface area contributed by atoms with E-state index in [4.69, 9.17) is 11.5 Å². The second kappa shape index (κ2) is 42.5. The first-order valence-corrected chi connectivity index (χ1v) is 38.0. The monoisotopic (exact) mass is 1510 g/mol. The molecule has 0 bridgehead atoms. The zero-order valence-electron chi connectivity index (χ0n) is 60.5. The summed E-state index contributed by atoms with van der Waals surface area (Å²) in [5.41, 5.74) is 15.9. The van der Waals surface area contributed by atoms with E-state index >= 15 is 19.2 Å². The van der Waals surface area contributed by atoms with Gasteiger partial charge in [0.2, 0.25) is 59.1 Å². The summed E-state index contributed by atoms with van der Waals surface area (Å²) >= 11 is 0. The first-order chi connectivity index (χ1) is 51.2. The number of hydrogen-bond acceptors (Lipinski definition) is 19. The minimum absolute atomic E-state index is 0.0316. The lowest BCUT2D eigenvalue weighted by molar-refractivity contribution is -0.143. The molecule has 7 rings (SSSR count). The van der Waals surface area contributed by atoms with Gasteiger partial charge < -0.3 is 90.0 Å². The van der Waals surface area contributed by atoms with Crippen molar-refractivity contribution in [3.05, 3.63) is 191 Å². The largest absolute Gasteiger partial charge is 0.480 e. The van der Waals surface area contributed by atoms with E-state index in [-0.39, 0.29) is 62.6 Å². The molecule has 0 aliphatic carbocycles. The van der Waals surface area contributed by atoms with Gasteiger partial charge in [-0.05, 0) is 83.8 Å². The van der Waals surface area contributed by atoms with Crippen molar-refractivity contribution in [1.82, 2.24) is 58.1 Å². The summed E-state index contributed by atoms with van der Waals surface area (Å²) in [4.78, 5) is 162. The van der Waals surface area contributed by atoms with Crippen LogP contribution in [0.1, 0.15) is 80.3 Å². The predicted molar refractivity (Wildman–Crippen MR) is 408 cm³/mol. The number of unbranched alkanes of at least 4 members (excludes halogenated alkanes) is 1. The van der Waals surface area contributed by atoms with Gasteiger partial charge in [-0.2, -0.15) is 0 Å². The molecular weight excluding hydrogens is 1410 g/mol. The molecule has 1 aliphatic heterocycles. The molecule has 30 heteroatoms. The third-order valence-corrected chi connectivity index (χ3v) is 20.4. The van der Waals surface area contributed by atoms with Crippen molar-refractivity contribution in [3.8, 4) is 0 Å². The molecule has 10 amide bonds. The lowest BCUT2D eigenvalue weighted by Crippen LogP contribution is -2.63. The van der Waals surface area contributed by atoms with Gasteiger partial charge >= 0.3 is 5.97 Å². The second-order valence-electron chi connectivity index (χ2n) is 26.8. The maximum absolute atomic E-state index is 15.8. The van der Waals surface area contributed by atoms with Crippen LogP contribution >= 0.6 is 21.6 Å². The summed E-state index contributed by atoms with van der Waals surface area (Å²) in [6.07, 6.45) is -3.61. The van der Waals surface area contributed by atoms with Crippen molar-refractivity contribution in [1.29, 1.82) is 0 Å². The van der Waals surface area contributed by atoms with Crippen LogP contribution < -0.4 is 64.6 Å². The molecular formula is C77H99N13O15S2. The third kappa shape index (κ3) is 26.6. The topological polar surface area (TPSA) is 444 Å². The van der Waals surface area contributed by atoms with Gasteiger partial charge in [-0.1, -0.05) is 193 Å². The molecule has 107 heavy (non-hydrogen) atoms. The van der Waals surface area contributed by atoms with Crippen molar-refractivity contribution in [2.75, 3.05) is 31.7 Å². The van der Waals surface area contributed by atoms with Gasteiger partial charge in [-0.3, -0.25) is 47.9 Å². The maximum atomic E-state index is 15.8. The van der Waals surface area contributed by atoms with Gasteiger partial charge in [0.1, 0.15) is 60.4 Å². The molecule has 0 spiro atoms. The number of nitrogens with one attached hydrogen (secondary N) is 10. The number of carbonyl (C=O) groups is 11. The maximum Gasteiger partial charge on any atom is 0.327 e. The van der Waals surface area contributed by atoms with Crippen LogP contribution in [-0.4, -0.2) is 207 Å². The van der Waals surface area contributed by atoms with Gasteiger partial charge in [-0.25, -0.2) is 4.79 Å². The lowest BCUT2D eigenvalue weighted by Gasteiger charge is -2.33. The number of nitrogens with two attached hydrogens (primary N) is 2. The number of carboxylic acid groups (broad SMARTS) is 1. The quantitative estimate of drug-likeness (QED) is 0.0349. The highest BCUT2D eigenvalue weighted by atomic mass is 33.1. The SMILES string of the molecule is CC(C)NCc1ccc(C[C@@H]2NC(=O)[C@@H](Cc3ccc4ccccc4c3)N(C)C(=O)[C@H](Cc3ccccc3)NC(=O)[C@H](Cc3ccccc3)NC(=O)[C@H](CCCCN)NC(=O)[C@@H](N)CSSC[C@@H](C(=O)O)NC(=O)[C@H](CO)NC(=O)[C@H]([C@@H](C)O)NC(=O)[C@H](Cc3ccccc3)NC(=O)[C@@H]([C@@H](C)O)NC2=O)cc1. The van der Waals surface area contributed by atoms with E-state index in [1.807, 2.05) is 62.4 Å². The molecule has 0 radical (unpaired) electrons. The van der Waals surface area contributed by atoms with Crippen LogP contribution in [0.15, 0.2) is 158 Å². The van der Waals surface area contributed by atoms with Crippen molar-refractivity contribution < 1.29 is 73.2 Å². The zero-order valence-corrected chi connectivity index (χ0v) is 62.1. The average Bonchev–Trinajstić information content (AvgIpc) is 0.813. The number of aliphatic hydroxyl groups excluding tert-OH is 3. The summed E-state index contributed by atoms with van der Waals surface area (Å²) in [6.45, 7) is 5.94. The number of hydrogen-bond donors (Lipinski definition) is 16. The van der Waals surface area contributed by atoms with Crippen LogP contribution in [0.5, 0.6) is 0 Å². The van der Waals surface area contributed by atoms with E-state index in [2.05, 4.69) is 53.2 Å². The Labute approximate surface area is 630 Å². The van der Waals surface area contributed by atoms with E-state index < -0.39 is 150 Å². The Balaban J connectivity index is 1.34. The zero-order chi connectivity index (χ0) is 77.7. The number of carboxylic acids is 1. The molecule has 6 aromatic carbocycles. The molecule has 1 aliphatic rings. The molecule has 1 heterocycles. The van der Waals surface area contributed by atoms with Crippen molar-refractivity contribution in [3.63, 3.8) is 0 Å². The number of likely N-dealkylation sites (N-methyl/N-ethyl adjacent to an activating group) is 1. The Bertz CT molecular complexity index is 3960. The van der Waals surface area contributed by atoms with Crippen molar-refractivity contribution >= 4 is 97.4 Å². The Kier molecular flexibility index (Phi) is 33.6. The van der Waals surface area contributed by atoms with E-state index in [0.29, 0.717) is 47.2 Å². The fourth-order valence-electron chi connectivity index (χ4n) is 11.8. The van der Waals surface area contributed by atoms with E-state index in [9.17, 15) is 54.0 Å². The highest BCUT2D eigenvalue weighted by molar-refractivity contribution is 8.76. The van der Waals surface area contributed by atoms with Gasteiger partial charge in [0.15, 0.2) is 0 Å². The summed E-state index contributed by atoms with van der Waals surface area (Å²) in [5, 5.41) is 71.5. The number of amides is 10. The first kappa shape index (κ1) is 84.5. The third-order valence-electron chi connectivity index (χ3n) is 17.9. The Hall–Kier alpha value is -9.79. The number of fused-ring (bicyclic) bond motifs is 1. The van der Waals surface area contributed by atoms with E-state index in [0.717, 1.165) is 44.8 Å². The van der Waals surface area contributed by atoms with Crippen molar-refractivity contribution in [2.45, 2.75) is 170 Å². The van der Waals surface area contributed by atoms with Crippen LogP contribution in [0.2, 0.25) is 0 Å². The minimum atomic E-state index is -1.91. The summed E-state index contributed by atoms with van der Waals surface area (Å²) in [5.74, 6) is -11.8. The molecule has 18 N–H and O–H groups in total. The number of carbonyl (C=O) groups excluding carboxylic acids is 10. The average molecular weight is 1510 g/mol. The molecule has 0 unspecified atom stereocenters. The molecule has 574 valence electrons. The predicted octanol–water partition coefficient (Wildman–Crippen LogP) is 0.731. The standard InChI is InChI=1S/C77H99N13O15S2/c1-45(2)80-41-52-30-28-51(29-31-52)38-59-70(97)88-65(46(3)92)74(101)84-60(37-49-21-11-7-12-22-49)71(98)89-66(47(4)93)75(102)86-62(42-91)72(99)87-63(77(104)105)44-107-106-43-56(79)67(94)81-57(27-17-18-34-78)68(95)82-58(36-48-19-9-6-10-20-48)69(96)85-61(39-50-23-13-8-14-24-50)76(103)90(5)64(73(100)83-59)40-53-32-33-54-25-15-16-26-55(54)35-53/h6-16,19-26,28-33,35,45-47,56-66,80,91-93H,17-18,27,34,36-44,78-79H2,1-5H3,(H,81,94)(H,82,95)(H,83,100)(H,84,101)(H,85,96)(H,86,102)(H,87,99)(H,88,97)(H,89,98)(H,104,105)/t46-,47-,56+,57+,58+,59+,60+,61+,62+,63+,64-,65-,66+/m1/s1. The van der Waals surface area contributed by atoms with Crippen LogP contribution in [0.25, 0.3) is 10.8 Å². The van der Waals surface area contributed by atoms with Crippen molar-refractivity contribution in [2.24, 2.45) is 11.5 Å². The van der Waals surface area contributed by atoms with Gasteiger partial charge in [-0.15, -0.1) is 0 Å².